The lowest BCUT2D eigenvalue weighted by molar-refractivity contribution is -0.154. The van der Waals surface area contributed by atoms with Crippen molar-refractivity contribution in [1.29, 1.82) is 0 Å². The van der Waals surface area contributed by atoms with Crippen LogP contribution in [0.5, 0.6) is 0 Å². The molecule has 0 saturated heterocycles. The summed E-state index contributed by atoms with van der Waals surface area (Å²) in [6, 6.07) is 12.1. The number of hydrogen-bond donors (Lipinski definition) is 1. The van der Waals surface area contributed by atoms with E-state index in [2.05, 4.69) is 11.9 Å². The van der Waals surface area contributed by atoms with Crippen molar-refractivity contribution in [3.8, 4) is 0 Å². The molecule has 2 rings (SSSR count). The molecule has 1 atom stereocenters. The Morgan fingerprint density at radius 1 is 1.22 bits per heavy atom. The third-order valence-corrected chi connectivity index (χ3v) is 5.68. The van der Waals surface area contributed by atoms with Gasteiger partial charge in [-0.25, -0.2) is 8.42 Å². The summed E-state index contributed by atoms with van der Waals surface area (Å²) in [5, 5.41) is 4.19. The summed E-state index contributed by atoms with van der Waals surface area (Å²) in [6.07, 6.45) is 0.463. The monoisotopic (exact) mass is 390 g/mol. The Labute approximate surface area is 158 Å². The van der Waals surface area contributed by atoms with Crippen molar-refractivity contribution in [3.63, 3.8) is 0 Å². The SMILES string of the molecule is C=CCNC(=O)[C@H](C)OC(=O)CN(C)S(=O)(=O)c1ccc2ccccc2c1. The lowest BCUT2D eigenvalue weighted by atomic mass is 10.1. The number of esters is 1. The van der Waals surface area contributed by atoms with Crippen LogP contribution < -0.4 is 5.32 Å². The minimum absolute atomic E-state index is 0.0771. The maximum absolute atomic E-state index is 12.7. The van der Waals surface area contributed by atoms with Crippen molar-refractivity contribution >= 4 is 32.7 Å². The number of nitrogens with zero attached hydrogens (tertiary/aromatic N) is 1. The van der Waals surface area contributed by atoms with E-state index >= 15 is 0 Å². The van der Waals surface area contributed by atoms with Crippen LogP contribution in [-0.2, 0) is 24.3 Å². The maximum Gasteiger partial charge on any atom is 0.322 e. The molecule has 0 radical (unpaired) electrons. The van der Waals surface area contributed by atoms with Gasteiger partial charge < -0.3 is 10.1 Å². The van der Waals surface area contributed by atoms with Crippen LogP contribution in [-0.4, -0.2) is 50.8 Å². The van der Waals surface area contributed by atoms with E-state index in [0.29, 0.717) is 0 Å². The van der Waals surface area contributed by atoms with Crippen LogP contribution in [0.4, 0.5) is 0 Å². The number of hydrogen-bond acceptors (Lipinski definition) is 5. The van der Waals surface area contributed by atoms with Gasteiger partial charge >= 0.3 is 5.97 Å². The lowest BCUT2D eigenvalue weighted by Gasteiger charge is -2.18. The summed E-state index contributed by atoms with van der Waals surface area (Å²) in [5.74, 6) is -1.30. The van der Waals surface area contributed by atoms with Gasteiger partial charge in [-0.2, -0.15) is 4.31 Å². The molecule has 0 unspecified atom stereocenters. The van der Waals surface area contributed by atoms with E-state index in [4.69, 9.17) is 4.74 Å². The third-order valence-electron chi connectivity index (χ3n) is 3.88. The van der Waals surface area contributed by atoms with E-state index in [0.717, 1.165) is 15.1 Å². The second-order valence-electron chi connectivity index (χ2n) is 5.94. The number of carbonyl (C=O) groups excluding carboxylic acids is 2. The van der Waals surface area contributed by atoms with E-state index in [-0.39, 0.29) is 11.4 Å². The Morgan fingerprint density at radius 3 is 2.56 bits per heavy atom. The molecule has 0 fully saturated rings. The van der Waals surface area contributed by atoms with Crippen LogP contribution in [0.15, 0.2) is 60.0 Å². The molecule has 7 nitrogen and oxygen atoms in total. The van der Waals surface area contributed by atoms with Crippen LogP contribution in [0, 0.1) is 0 Å². The molecule has 0 aliphatic carbocycles. The molecule has 2 aromatic rings. The zero-order chi connectivity index (χ0) is 20.0. The van der Waals surface area contributed by atoms with Gasteiger partial charge in [-0.3, -0.25) is 9.59 Å². The molecule has 1 N–H and O–H groups in total. The quantitative estimate of drug-likeness (QED) is 0.547. The summed E-state index contributed by atoms with van der Waals surface area (Å²) < 4.78 is 31.3. The highest BCUT2D eigenvalue weighted by molar-refractivity contribution is 7.89. The highest BCUT2D eigenvalue weighted by Crippen LogP contribution is 2.21. The number of benzene rings is 2. The summed E-state index contributed by atoms with van der Waals surface area (Å²) in [6.45, 7) is 4.62. The maximum atomic E-state index is 12.7. The molecule has 1 amide bonds. The molecule has 0 aromatic heterocycles. The summed E-state index contributed by atoms with van der Waals surface area (Å²) in [7, 11) is -2.59. The van der Waals surface area contributed by atoms with Crippen LogP contribution in [0.25, 0.3) is 10.8 Å². The van der Waals surface area contributed by atoms with Crippen molar-refractivity contribution in [2.24, 2.45) is 0 Å². The van der Waals surface area contributed by atoms with E-state index < -0.39 is 34.5 Å². The number of likely N-dealkylation sites (N-methyl/N-ethyl adjacent to an activating group) is 1. The molecular weight excluding hydrogens is 368 g/mol. The van der Waals surface area contributed by atoms with Gasteiger partial charge in [0.1, 0.15) is 6.54 Å². The van der Waals surface area contributed by atoms with Gasteiger partial charge in [-0.05, 0) is 29.8 Å². The van der Waals surface area contributed by atoms with Crippen LogP contribution in [0.3, 0.4) is 0 Å². The number of carbonyl (C=O) groups is 2. The molecule has 144 valence electrons. The first-order valence-corrected chi connectivity index (χ1v) is 9.73. The molecule has 0 aliphatic heterocycles. The van der Waals surface area contributed by atoms with Crippen molar-refractivity contribution < 1.29 is 22.7 Å². The molecule has 8 heteroatoms. The second-order valence-corrected chi connectivity index (χ2v) is 7.98. The van der Waals surface area contributed by atoms with Gasteiger partial charge in [0, 0.05) is 13.6 Å². The van der Waals surface area contributed by atoms with Gasteiger partial charge in [-0.1, -0.05) is 36.4 Å². The Hall–Kier alpha value is -2.71. The molecule has 2 aromatic carbocycles. The Kier molecular flexibility index (Phi) is 6.70. The van der Waals surface area contributed by atoms with Crippen LogP contribution in [0.1, 0.15) is 6.92 Å². The highest BCUT2D eigenvalue weighted by Gasteiger charge is 2.25. The number of nitrogens with one attached hydrogen (secondary N) is 1. The lowest BCUT2D eigenvalue weighted by Crippen LogP contribution is -2.39. The average Bonchev–Trinajstić information content (AvgIpc) is 2.65. The average molecular weight is 390 g/mol. The summed E-state index contributed by atoms with van der Waals surface area (Å²) >= 11 is 0. The van der Waals surface area contributed by atoms with E-state index in [1.807, 2.05) is 24.3 Å². The zero-order valence-electron chi connectivity index (χ0n) is 15.2. The Bertz CT molecular complexity index is 955. The van der Waals surface area contributed by atoms with Crippen LogP contribution >= 0.6 is 0 Å². The molecule has 0 aliphatic rings. The number of ether oxygens (including phenoxy) is 1. The fraction of sp³-hybridized carbons (Fsp3) is 0.263. The summed E-state index contributed by atoms with van der Waals surface area (Å²) in [5.41, 5.74) is 0. The first-order chi connectivity index (χ1) is 12.8. The van der Waals surface area contributed by atoms with Gasteiger partial charge in [0.05, 0.1) is 4.90 Å². The van der Waals surface area contributed by atoms with Crippen molar-refractivity contribution in [1.82, 2.24) is 9.62 Å². The predicted molar refractivity (Wildman–Crippen MR) is 103 cm³/mol. The number of sulfonamides is 1. The van der Waals surface area contributed by atoms with Crippen molar-refractivity contribution in [2.75, 3.05) is 20.1 Å². The van der Waals surface area contributed by atoms with Gasteiger partial charge in [-0.15, -0.1) is 6.58 Å². The second kappa shape index (κ2) is 8.79. The molecule has 0 bridgehead atoms. The molecule has 0 saturated carbocycles. The minimum atomic E-state index is -3.88. The standard InChI is InChI=1S/C19H22N2O5S/c1-4-11-20-19(23)14(2)26-18(22)13-21(3)27(24,25)17-10-9-15-7-5-6-8-16(15)12-17/h4-10,12,14H,1,11,13H2,2-3H3,(H,20,23)/t14-/m0/s1. The predicted octanol–water partition coefficient (Wildman–Crippen LogP) is 1.69. The largest absolute Gasteiger partial charge is 0.452 e. The van der Waals surface area contributed by atoms with Crippen LogP contribution in [0.2, 0.25) is 0 Å². The zero-order valence-corrected chi connectivity index (χ0v) is 16.0. The van der Waals surface area contributed by atoms with E-state index in [9.17, 15) is 18.0 Å². The fourth-order valence-electron chi connectivity index (χ4n) is 2.38. The van der Waals surface area contributed by atoms with E-state index in [1.165, 1.54) is 26.1 Å². The Morgan fingerprint density at radius 2 is 1.89 bits per heavy atom. The molecule has 0 heterocycles. The summed E-state index contributed by atoms with van der Waals surface area (Å²) in [4.78, 5) is 23.8. The topological polar surface area (TPSA) is 92.8 Å². The van der Waals surface area contributed by atoms with Crippen molar-refractivity contribution in [2.45, 2.75) is 17.9 Å². The Balaban J connectivity index is 2.06. The minimum Gasteiger partial charge on any atom is -0.452 e. The number of rotatable bonds is 8. The normalized spacial score (nSPS) is 12.6. The highest BCUT2D eigenvalue weighted by atomic mass is 32.2. The first kappa shape index (κ1) is 20.6. The number of fused-ring (bicyclic) bond motifs is 1. The molecule has 0 spiro atoms. The fourth-order valence-corrected chi connectivity index (χ4v) is 3.53. The smallest absolute Gasteiger partial charge is 0.322 e. The first-order valence-electron chi connectivity index (χ1n) is 8.29. The number of amides is 1. The van der Waals surface area contributed by atoms with Crippen molar-refractivity contribution in [3.05, 3.63) is 55.1 Å². The molecule has 27 heavy (non-hydrogen) atoms. The molecular formula is C19H22N2O5S. The van der Waals surface area contributed by atoms with E-state index in [1.54, 1.807) is 12.1 Å². The van der Waals surface area contributed by atoms with Gasteiger partial charge in [0.2, 0.25) is 10.0 Å². The third kappa shape index (κ3) is 5.15. The van der Waals surface area contributed by atoms with Gasteiger partial charge in [0.15, 0.2) is 6.10 Å². The van der Waals surface area contributed by atoms with Gasteiger partial charge in [0.25, 0.3) is 5.91 Å².